The maximum atomic E-state index is 13.3. The lowest BCUT2D eigenvalue weighted by atomic mass is 10.3. The first kappa shape index (κ1) is 15.2. The molecule has 19 heavy (non-hydrogen) atoms. The average Bonchev–Trinajstić information content (AvgIpc) is 2.41. The minimum Gasteiger partial charge on any atom is -0.466 e. The van der Waals surface area contributed by atoms with Crippen molar-refractivity contribution in [3.8, 4) is 0 Å². The SMILES string of the molecule is COC(=O)/C=C(/Nc1ccc(Br)c(F)c1)C(=O)OC. The van der Waals surface area contributed by atoms with Gasteiger partial charge in [-0.25, -0.2) is 14.0 Å². The monoisotopic (exact) mass is 331 g/mol. The number of anilines is 1. The second-order valence-corrected chi connectivity index (χ2v) is 4.18. The van der Waals surface area contributed by atoms with E-state index in [1.807, 2.05) is 0 Å². The number of methoxy groups -OCH3 is 2. The van der Waals surface area contributed by atoms with Crippen LogP contribution in [0.15, 0.2) is 34.4 Å². The van der Waals surface area contributed by atoms with Crippen LogP contribution in [0.1, 0.15) is 0 Å². The molecule has 102 valence electrons. The highest BCUT2D eigenvalue weighted by molar-refractivity contribution is 9.10. The van der Waals surface area contributed by atoms with Gasteiger partial charge in [-0.05, 0) is 34.1 Å². The Morgan fingerprint density at radius 1 is 1.32 bits per heavy atom. The molecular weight excluding hydrogens is 321 g/mol. The molecule has 0 aliphatic rings. The molecule has 0 fully saturated rings. The van der Waals surface area contributed by atoms with Crippen LogP contribution in [0.4, 0.5) is 10.1 Å². The zero-order chi connectivity index (χ0) is 14.4. The molecule has 5 nitrogen and oxygen atoms in total. The van der Waals surface area contributed by atoms with E-state index in [1.54, 1.807) is 0 Å². The minimum absolute atomic E-state index is 0.156. The van der Waals surface area contributed by atoms with Gasteiger partial charge in [0, 0.05) is 5.69 Å². The van der Waals surface area contributed by atoms with Gasteiger partial charge in [0.25, 0.3) is 0 Å². The maximum absolute atomic E-state index is 13.3. The van der Waals surface area contributed by atoms with Gasteiger partial charge in [0.2, 0.25) is 0 Å². The standard InChI is InChI=1S/C12H11BrFNO4/c1-18-11(16)6-10(12(17)19-2)15-7-3-4-8(13)9(14)5-7/h3-6,15H,1-2H3/b10-6+. The summed E-state index contributed by atoms with van der Waals surface area (Å²) in [7, 11) is 2.34. The van der Waals surface area contributed by atoms with Crippen molar-refractivity contribution >= 4 is 33.6 Å². The van der Waals surface area contributed by atoms with Crippen LogP contribution in [-0.2, 0) is 19.1 Å². The van der Waals surface area contributed by atoms with Crippen molar-refractivity contribution in [1.29, 1.82) is 0 Å². The number of rotatable bonds is 4. The maximum Gasteiger partial charge on any atom is 0.354 e. The van der Waals surface area contributed by atoms with E-state index in [0.29, 0.717) is 5.69 Å². The lowest BCUT2D eigenvalue weighted by Crippen LogP contribution is -2.15. The fourth-order valence-electron chi connectivity index (χ4n) is 1.16. The summed E-state index contributed by atoms with van der Waals surface area (Å²) >= 11 is 3.01. The lowest BCUT2D eigenvalue weighted by molar-refractivity contribution is -0.138. The van der Waals surface area contributed by atoms with E-state index >= 15 is 0 Å². The van der Waals surface area contributed by atoms with E-state index in [4.69, 9.17) is 0 Å². The number of nitrogens with one attached hydrogen (secondary N) is 1. The molecule has 1 aromatic carbocycles. The largest absolute Gasteiger partial charge is 0.466 e. The van der Waals surface area contributed by atoms with Gasteiger partial charge >= 0.3 is 11.9 Å². The van der Waals surface area contributed by atoms with Crippen molar-refractivity contribution in [2.45, 2.75) is 0 Å². The molecule has 1 N–H and O–H groups in total. The molecule has 0 bridgehead atoms. The zero-order valence-electron chi connectivity index (χ0n) is 10.2. The van der Waals surface area contributed by atoms with Gasteiger partial charge in [0.15, 0.2) is 0 Å². The topological polar surface area (TPSA) is 64.6 Å². The van der Waals surface area contributed by atoms with Crippen LogP contribution >= 0.6 is 15.9 Å². The molecule has 7 heteroatoms. The second kappa shape index (κ2) is 6.89. The average molecular weight is 332 g/mol. The van der Waals surface area contributed by atoms with Crippen LogP contribution in [0.3, 0.4) is 0 Å². The molecule has 0 aliphatic carbocycles. The number of esters is 2. The van der Waals surface area contributed by atoms with Crippen LogP contribution in [0.2, 0.25) is 0 Å². The molecule has 0 radical (unpaired) electrons. The highest BCUT2D eigenvalue weighted by atomic mass is 79.9. The highest BCUT2D eigenvalue weighted by Crippen LogP contribution is 2.20. The van der Waals surface area contributed by atoms with Gasteiger partial charge in [-0.2, -0.15) is 0 Å². The molecule has 0 atom stereocenters. The quantitative estimate of drug-likeness (QED) is 0.677. The number of benzene rings is 1. The van der Waals surface area contributed by atoms with Gasteiger partial charge < -0.3 is 14.8 Å². The van der Waals surface area contributed by atoms with E-state index < -0.39 is 17.8 Å². The van der Waals surface area contributed by atoms with E-state index in [-0.39, 0.29) is 10.2 Å². The number of ether oxygens (including phenoxy) is 2. The Balaban J connectivity index is 3.00. The Bertz CT molecular complexity index is 530. The van der Waals surface area contributed by atoms with Crippen LogP contribution in [0.25, 0.3) is 0 Å². The van der Waals surface area contributed by atoms with E-state index in [2.05, 4.69) is 30.7 Å². The minimum atomic E-state index is -0.770. The second-order valence-electron chi connectivity index (χ2n) is 3.33. The summed E-state index contributed by atoms with van der Waals surface area (Å²) < 4.78 is 22.5. The fraction of sp³-hybridized carbons (Fsp3) is 0.167. The van der Waals surface area contributed by atoms with Gasteiger partial charge in [-0.1, -0.05) is 0 Å². The molecule has 1 aromatic rings. The summed E-state index contributed by atoms with van der Waals surface area (Å²) in [4.78, 5) is 22.6. The Morgan fingerprint density at radius 3 is 2.53 bits per heavy atom. The molecule has 0 unspecified atom stereocenters. The first-order valence-electron chi connectivity index (χ1n) is 5.08. The van der Waals surface area contributed by atoms with Gasteiger partial charge in [0.1, 0.15) is 11.5 Å². The lowest BCUT2D eigenvalue weighted by Gasteiger charge is -2.09. The van der Waals surface area contributed by atoms with Crippen LogP contribution in [0.5, 0.6) is 0 Å². The first-order chi connectivity index (χ1) is 8.97. The van der Waals surface area contributed by atoms with Crippen molar-refractivity contribution < 1.29 is 23.5 Å². The Morgan fingerprint density at radius 2 is 2.00 bits per heavy atom. The molecule has 0 saturated heterocycles. The molecule has 0 aliphatic heterocycles. The number of hydrogen-bond donors (Lipinski definition) is 1. The molecule has 0 heterocycles. The summed E-state index contributed by atoms with van der Waals surface area (Å²) in [6.45, 7) is 0. The predicted molar refractivity (Wildman–Crippen MR) is 69.8 cm³/mol. The van der Waals surface area contributed by atoms with Crippen LogP contribution < -0.4 is 5.32 Å². The summed E-state index contributed by atoms with van der Waals surface area (Å²) in [5, 5.41) is 2.59. The van der Waals surface area contributed by atoms with E-state index in [0.717, 1.165) is 19.3 Å². The highest BCUT2D eigenvalue weighted by Gasteiger charge is 2.13. The van der Waals surface area contributed by atoms with Crippen LogP contribution in [-0.4, -0.2) is 26.2 Å². The van der Waals surface area contributed by atoms with Crippen molar-refractivity contribution in [3.05, 3.63) is 40.3 Å². The first-order valence-corrected chi connectivity index (χ1v) is 5.87. The molecule has 1 rings (SSSR count). The molecule has 0 amide bonds. The molecule has 0 spiro atoms. The summed E-state index contributed by atoms with van der Waals surface area (Å²) in [5.41, 5.74) is 0.136. The summed E-state index contributed by atoms with van der Waals surface area (Å²) in [6, 6.07) is 4.16. The predicted octanol–water partition coefficient (Wildman–Crippen LogP) is 2.23. The third-order valence-electron chi connectivity index (χ3n) is 2.07. The summed E-state index contributed by atoms with van der Waals surface area (Å²) in [6.07, 6.45) is 0.922. The van der Waals surface area contributed by atoms with E-state index in [9.17, 15) is 14.0 Å². The molecule has 0 aromatic heterocycles. The van der Waals surface area contributed by atoms with Crippen molar-refractivity contribution in [2.24, 2.45) is 0 Å². The normalized spacial score (nSPS) is 10.8. The van der Waals surface area contributed by atoms with E-state index in [1.165, 1.54) is 19.2 Å². The van der Waals surface area contributed by atoms with Gasteiger partial charge in [-0.3, -0.25) is 0 Å². The molecule has 0 saturated carbocycles. The number of carbonyl (C=O) groups excluding carboxylic acids is 2. The zero-order valence-corrected chi connectivity index (χ0v) is 11.8. The number of halogens is 2. The van der Waals surface area contributed by atoms with Crippen molar-refractivity contribution in [2.75, 3.05) is 19.5 Å². The number of hydrogen-bond acceptors (Lipinski definition) is 5. The van der Waals surface area contributed by atoms with Crippen molar-refractivity contribution in [1.82, 2.24) is 0 Å². The summed E-state index contributed by atoms with van der Waals surface area (Å²) in [5.74, 6) is -2.01. The van der Waals surface area contributed by atoms with Crippen LogP contribution in [0, 0.1) is 5.82 Å². The Kier molecular flexibility index (Phi) is 5.50. The Hall–Kier alpha value is -1.89. The van der Waals surface area contributed by atoms with Gasteiger partial charge in [0.05, 0.1) is 24.8 Å². The smallest absolute Gasteiger partial charge is 0.354 e. The fourth-order valence-corrected chi connectivity index (χ4v) is 1.41. The third-order valence-corrected chi connectivity index (χ3v) is 2.71. The molecular formula is C12H11BrFNO4. The van der Waals surface area contributed by atoms with Crippen molar-refractivity contribution in [3.63, 3.8) is 0 Å². The third kappa shape index (κ3) is 4.36. The Labute approximate surface area is 117 Å². The number of carbonyl (C=O) groups is 2. The van der Waals surface area contributed by atoms with Gasteiger partial charge in [-0.15, -0.1) is 0 Å².